The Kier molecular flexibility index (Phi) is 9.96. The van der Waals surface area contributed by atoms with E-state index in [2.05, 4.69) is 17.6 Å². The summed E-state index contributed by atoms with van der Waals surface area (Å²) < 4.78 is 6.62. The Balaban J connectivity index is 3.84. The maximum absolute atomic E-state index is 10.4. The van der Waals surface area contributed by atoms with E-state index in [1.807, 2.05) is 6.92 Å². The second-order valence-corrected chi connectivity index (χ2v) is 5.95. The fourth-order valence-corrected chi connectivity index (χ4v) is 3.03. The van der Waals surface area contributed by atoms with Gasteiger partial charge in [0.15, 0.2) is 0 Å². The van der Waals surface area contributed by atoms with E-state index in [9.17, 15) is 4.79 Å². The summed E-state index contributed by atoms with van der Waals surface area (Å²) in [5, 5.41) is 14.4. The normalized spacial score (nSPS) is 16.2. The van der Waals surface area contributed by atoms with Crippen LogP contribution in [0.3, 0.4) is 0 Å². The third-order valence-corrected chi connectivity index (χ3v) is 3.54. The summed E-state index contributed by atoms with van der Waals surface area (Å²) in [4.78, 5) is 10.4. The molecule has 3 unspecified atom stereocenters. The van der Waals surface area contributed by atoms with Gasteiger partial charge >= 0.3 is 117 Å². The van der Waals surface area contributed by atoms with Gasteiger partial charge in [-0.1, -0.05) is 0 Å². The van der Waals surface area contributed by atoms with Crippen LogP contribution >= 0.6 is 0 Å². The molecule has 1 amide bonds. The summed E-state index contributed by atoms with van der Waals surface area (Å²) in [7, 11) is 1.68. The van der Waals surface area contributed by atoms with E-state index in [4.69, 9.17) is 9.84 Å². The Hall–Kier alpha value is -0.0113. The molecule has 0 fully saturated rings. The SMILES string of the molecule is COC(CCC(C)NC(=O)O)NC(C)C[CH2][SnH]. The molecule has 0 aliphatic rings. The molecule has 6 heteroatoms. The number of nitrogens with one attached hydrogen (secondary N) is 2. The monoisotopic (exact) mass is 352 g/mol. The summed E-state index contributed by atoms with van der Waals surface area (Å²) >= 11 is 1.29. The van der Waals surface area contributed by atoms with Crippen LogP contribution in [0.2, 0.25) is 4.44 Å². The van der Waals surface area contributed by atoms with E-state index in [-0.39, 0.29) is 12.3 Å². The van der Waals surface area contributed by atoms with Crippen LogP contribution in [0.5, 0.6) is 0 Å². The summed E-state index contributed by atoms with van der Waals surface area (Å²) in [6, 6.07) is 0.415. The zero-order valence-corrected chi connectivity index (χ0v) is 14.2. The molecule has 0 aromatic carbocycles. The summed E-state index contributed by atoms with van der Waals surface area (Å²) in [5.41, 5.74) is 0. The van der Waals surface area contributed by atoms with E-state index in [0.717, 1.165) is 12.8 Å². The Bertz CT molecular complexity index is 217. The number of ether oxygens (including phenoxy) is 1. The number of rotatable bonds is 9. The van der Waals surface area contributed by atoms with E-state index in [1.165, 1.54) is 33.4 Å². The van der Waals surface area contributed by atoms with Gasteiger partial charge in [-0.15, -0.1) is 0 Å². The van der Waals surface area contributed by atoms with Crippen LogP contribution in [0.1, 0.15) is 33.1 Å². The third-order valence-electron chi connectivity index (χ3n) is 2.59. The molecular weight excluding hydrogens is 327 g/mol. The second kappa shape index (κ2) is 9.96. The predicted molar refractivity (Wildman–Crippen MR) is 69.8 cm³/mol. The van der Waals surface area contributed by atoms with E-state index in [0.29, 0.717) is 6.04 Å². The molecule has 0 aromatic rings. The van der Waals surface area contributed by atoms with Crippen molar-refractivity contribution in [3.05, 3.63) is 0 Å². The standard InChI is InChI=1S/C11H23N2O3.Sn.H/c1-5-8(2)12-10(16-4)7-6-9(3)13-11(14)15;;/h8-10,12-13H,1,5-7H2,2-4H3,(H,14,15);;. The van der Waals surface area contributed by atoms with Crippen molar-refractivity contribution in [1.29, 1.82) is 0 Å². The van der Waals surface area contributed by atoms with Gasteiger partial charge in [0.2, 0.25) is 0 Å². The summed E-state index contributed by atoms with van der Waals surface area (Å²) in [6.45, 7) is 4.02. The molecule has 2 radical (unpaired) electrons. The molecular formula is C11H24N2O3Sn. The molecule has 0 bridgehead atoms. The van der Waals surface area contributed by atoms with Crippen LogP contribution in [-0.4, -0.2) is 59.1 Å². The average molecular weight is 351 g/mol. The van der Waals surface area contributed by atoms with Gasteiger partial charge in [0.1, 0.15) is 0 Å². The van der Waals surface area contributed by atoms with Gasteiger partial charge in [0, 0.05) is 0 Å². The minimum absolute atomic E-state index is 0.00944. The molecule has 3 N–H and O–H groups in total. The molecule has 0 aliphatic carbocycles. The van der Waals surface area contributed by atoms with Crippen molar-refractivity contribution in [3.8, 4) is 0 Å². The fraction of sp³-hybridized carbons (Fsp3) is 0.909. The van der Waals surface area contributed by atoms with Crippen molar-refractivity contribution in [2.75, 3.05) is 7.11 Å². The molecule has 0 aliphatic heterocycles. The number of carboxylic acid groups (broad SMARTS) is 1. The molecule has 5 nitrogen and oxygen atoms in total. The van der Waals surface area contributed by atoms with Crippen LogP contribution in [0.25, 0.3) is 0 Å². The number of amides is 1. The van der Waals surface area contributed by atoms with Crippen LogP contribution in [0, 0.1) is 0 Å². The Morgan fingerprint density at radius 2 is 1.94 bits per heavy atom. The number of carbonyl (C=O) groups is 1. The van der Waals surface area contributed by atoms with Gasteiger partial charge in [-0.2, -0.15) is 0 Å². The van der Waals surface area contributed by atoms with E-state index >= 15 is 0 Å². The topological polar surface area (TPSA) is 70.6 Å². The first-order chi connectivity index (χ1) is 7.99. The molecule has 0 rings (SSSR count). The first-order valence-electron chi connectivity index (χ1n) is 5.98. The zero-order chi connectivity index (χ0) is 13.3. The summed E-state index contributed by atoms with van der Waals surface area (Å²) in [5.74, 6) is 0. The number of hydrogen-bond donors (Lipinski definition) is 3. The van der Waals surface area contributed by atoms with Crippen LogP contribution < -0.4 is 10.6 Å². The van der Waals surface area contributed by atoms with Crippen molar-refractivity contribution >= 4 is 28.6 Å². The molecule has 0 aromatic heterocycles. The number of hydrogen-bond acceptors (Lipinski definition) is 3. The molecule has 100 valence electrons. The zero-order valence-electron chi connectivity index (χ0n) is 10.9. The Morgan fingerprint density at radius 1 is 1.29 bits per heavy atom. The fourth-order valence-electron chi connectivity index (χ4n) is 1.60. The third kappa shape index (κ3) is 9.67. The van der Waals surface area contributed by atoms with Crippen molar-refractivity contribution in [3.63, 3.8) is 0 Å². The van der Waals surface area contributed by atoms with E-state index < -0.39 is 6.09 Å². The average Bonchev–Trinajstić information content (AvgIpc) is 2.23. The van der Waals surface area contributed by atoms with Crippen molar-refractivity contribution in [2.45, 2.75) is 55.9 Å². The maximum atomic E-state index is 10.4. The number of methoxy groups -OCH3 is 1. The second-order valence-electron chi connectivity index (χ2n) is 4.30. The molecule has 17 heavy (non-hydrogen) atoms. The van der Waals surface area contributed by atoms with Gasteiger partial charge < -0.3 is 0 Å². The van der Waals surface area contributed by atoms with Crippen LogP contribution in [0.4, 0.5) is 4.79 Å². The van der Waals surface area contributed by atoms with Crippen LogP contribution in [0.15, 0.2) is 0 Å². The predicted octanol–water partition coefficient (Wildman–Crippen LogP) is 1.08. The first kappa shape index (κ1) is 17.0. The van der Waals surface area contributed by atoms with Crippen molar-refractivity contribution in [1.82, 2.24) is 10.6 Å². The van der Waals surface area contributed by atoms with E-state index in [1.54, 1.807) is 7.11 Å². The van der Waals surface area contributed by atoms with Gasteiger partial charge in [-0.25, -0.2) is 0 Å². The van der Waals surface area contributed by atoms with Gasteiger partial charge in [-0.3, -0.25) is 0 Å². The Morgan fingerprint density at radius 3 is 2.41 bits per heavy atom. The Labute approximate surface area is 117 Å². The molecule has 0 saturated carbocycles. The van der Waals surface area contributed by atoms with Crippen molar-refractivity contribution in [2.24, 2.45) is 0 Å². The molecule has 0 heterocycles. The van der Waals surface area contributed by atoms with Crippen molar-refractivity contribution < 1.29 is 14.6 Å². The molecule has 0 saturated heterocycles. The van der Waals surface area contributed by atoms with Gasteiger partial charge in [0.25, 0.3) is 0 Å². The van der Waals surface area contributed by atoms with Crippen LogP contribution in [-0.2, 0) is 4.74 Å². The first-order valence-corrected chi connectivity index (χ1v) is 8.31. The molecule has 3 atom stereocenters. The minimum atomic E-state index is -0.969. The molecule has 0 spiro atoms. The quantitative estimate of drug-likeness (QED) is 0.430. The van der Waals surface area contributed by atoms with Gasteiger partial charge in [-0.05, 0) is 0 Å². The van der Waals surface area contributed by atoms with Gasteiger partial charge in [0.05, 0.1) is 0 Å². The summed E-state index contributed by atoms with van der Waals surface area (Å²) in [6.07, 6.45) is 1.79.